The lowest BCUT2D eigenvalue weighted by atomic mass is 10.1. The lowest BCUT2D eigenvalue weighted by molar-refractivity contribution is 0.0824. The van der Waals surface area contributed by atoms with E-state index in [0.717, 1.165) is 25.9 Å². The summed E-state index contributed by atoms with van der Waals surface area (Å²) in [4.78, 5) is 0. The van der Waals surface area contributed by atoms with Crippen LogP contribution >= 0.6 is 11.3 Å². The normalized spacial score (nSPS) is 13.0. The zero-order chi connectivity index (χ0) is 10.2. The highest BCUT2D eigenvalue weighted by Crippen LogP contribution is 2.10. The SMILES string of the molecule is CCCOCCC(O)Cc1ccsc1. The lowest BCUT2D eigenvalue weighted by Gasteiger charge is -2.09. The molecule has 80 valence electrons. The summed E-state index contributed by atoms with van der Waals surface area (Å²) in [6, 6.07) is 2.06. The first-order valence-electron chi connectivity index (χ1n) is 5.09. The highest BCUT2D eigenvalue weighted by atomic mass is 32.1. The molecule has 3 heteroatoms. The van der Waals surface area contributed by atoms with Crippen molar-refractivity contribution in [2.45, 2.75) is 32.3 Å². The molecule has 0 aromatic carbocycles. The van der Waals surface area contributed by atoms with Crippen LogP contribution in [-0.4, -0.2) is 24.4 Å². The highest BCUT2D eigenvalue weighted by Gasteiger charge is 2.05. The van der Waals surface area contributed by atoms with Crippen LogP contribution in [0, 0.1) is 0 Å². The summed E-state index contributed by atoms with van der Waals surface area (Å²) in [7, 11) is 0. The van der Waals surface area contributed by atoms with Crippen LogP contribution in [0.5, 0.6) is 0 Å². The van der Waals surface area contributed by atoms with Gasteiger partial charge in [0.1, 0.15) is 0 Å². The van der Waals surface area contributed by atoms with Gasteiger partial charge in [0.15, 0.2) is 0 Å². The first-order valence-corrected chi connectivity index (χ1v) is 6.04. The topological polar surface area (TPSA) is 29.5 Å². The van der Waals surface area contributed by atoms with Crippen LogP contribution in [0.4, 0.5) is 0 Å². The van der Waals surface area contributed by atoms with Crippen molar-refractivity contribution in [1.29, 1.82) is 0 Å². The van der Waals surface area contributed by atoms with E-state index in [1.165, 1.54) is 5.56 Å². The molecule has 0 aliphatic rings. The van der Waals surface area contributed by atoms with E-state index in [2.05, 4.69) is 18.4 Å². The van der Waals surface area contributed by atoms with Gasteiger partial charge >= 0.3 is 0 Å². The Morgan fingerprint density at radius 1 is 1.50 bits per heavy atom. The molecule has 0 aliphatic heterocycles. The summed E-state index contributed by atoms with van der Waals surface area (Å²) in [6.07, 6.45) is 2.26. The van der Waals surface area contributed by atoms with E-state index < -0.39 is 0 Å². The Hall–Kier alpha value is -0.380. The molecule has 1 aromatic heterocycles. The third-order valence-corrected chi connectivity index (χ3v) is 2.73. The van der Waals surface area contributed by atoms with Gasteiger partial charge in [0, 0.05) is 13.2 Å². The summed E-state index contributed by atoms with van der Waals surface area (Å²) in [5.74, 6) is 0. The maximum absolute atomic E-state index is 9.64. The van der Waals surface area contributed by atoms with Gasteiger partial charge in [-0.25, -0.2) is 0 Å². The van der Waals surface area contributed by atoms with Crippen molar-refractivity contribution in [3.05, 3.63) is 22.4 Å². The van der Waals surface area contributed by atoms with E-state index in [4.69, 9.17) is 4.74 Å². The van der Waals surface area contributed by atoms with Crippen molar-refractivity contribution in [2.75, 3.05) is 13.2 Å². The molecule has 1 atom stereocenters. The fourth-order valence-electron chi connectivity index (χ4n) is 1.25. The first kappa shape index (κ1) is 11.7. The molecule has 1 unspecified atom stereocenters. The van der Waals surface area contributed by atoms with E-state index in [-0.39, 0.29) is 6.10 Å². The molecular formula is C11H18O2S. The number of aliphatic hydroxyl groups excluding tert-OH is 1. The Balaban J connectivity index is 2.07. The summed E-state index contributed by atoms with van der Waals surface area (Å²) < 4.78 is 5.32. The van der Waals surface area contributed by atoms with E-state index >= 15 is 0 Å². The lowest BCUT2D eigenvalue weighted by Crippen LogP contribution is -2.13. The zero-order valence-electron chi connectivity index (χ0n) is 8.61. The Labute approximate surface area is 89.5 Å². The van der Waals surface area contributed by atoms with Gasteiger partial charge in [0.25, 0.3) is 0 Å². The summed E-state index contributed by atoms with van der Waals surface area (Å²) >= 11 is 1.67. The number of aliphatic hydroxyl groups is 1. The fourth-order valence-corrected chi connectivity index (χ4v) is 1.93. The molecular weight excluding hydrogens is 196 g/mol. The average molecular weight is 214 g/mol. The third kappa shape index (κ3) is 4.74. The molecule has 1 aromatic rings. The molecule has 0 radical (unpaired) electrons. The molecule has 2 nitrogen and oxygen atoms in total. The Kier molecular flexibility index (Phi) is 5.83. The largest absolute Gasteiger partial charge is 0.393 e. The van der Waals surface area contributed by atoms with Crippen molar-refractivity contribution >= 4 is 11.3 Å². The molecule has 1 N–H and O–H groups in total. The van der Waals surface area contributed by atoms with Crippen molar-refractivity contribution in [3.8, 4) is 0 Å². The summed E-state index contributed by atoms with van der Waals surface area (Å²) in [5.41, 5.74) is 1.22. The van der Waals surface area contributed by atoms with Crippen molar-refractivity contribution < 1.29 is 9.84 Å². The number of rotatable bonds is 7. The van der Waals surface area contributed by atoms with Gasteiger partial charge in [0.2, 0.25) is 0 Å². The van der Waals surface area contributed by atoms with Crippen LogP contribution in [0.15, 0.2) is 16.8 Å². The average Bonchev–Trinajstić information content (AvgIpc) is 2.65. The smallest absolute Gasteiger partial charge is 0.0602 e. The summed E-state index contributed by atoms with van der Waals surface area (Å²) in [5, 5.41) is 13.8. The Bertz CT molecular complexity index is 221. The predicted octanol–water partition coefficient (Wildman–Crippen LogP) is 2.47. The monoisotopic (exact) mass is 214 g/mol. The second kappa shape index (κ2) is 6.98. The quantitative estimate of drug-likeness (QED) is 0.707. The van der Waals surface area contributed by atoms with Gasteiger partial charge in [-0.15, -0.1) is 0 Å². The zero-order valence-corrected chi connectivity index (χ0v) is 9.43. The third-order valence-electron chi connectivity index (χ3n) is 2.00. The van der Waals surface area contributed by atoms with E-state index in [1.54, 1.807) is 11.3 Å². The minimum absolute atomic E-state index is 0.263. The molecule has 0 saturated carbocycles. The molecule has 0 spiro atoms. The minimum Gasteiger partial charge on any atom is -0.393 e. The van der Waals surface area contributed by atoms with E-state index in [1.807, 2.05) is 5.38 Å². The van der Waals surface area contributed by atoms with Gasteiger partial charge in [-0.05, 0) is 41.7 Å². The van der Waals surface area contributed by atoms with E-state index in [0.29, 0.717) is 6.61 Å². The Morgan fingerprint density at radius 3 is 3.00 bits per heavy atom. The van der Waals surface area contributed by atoms with Crippen LogP contribution in [0.1, 0.15) is 25.3 Å². The molecule has 0 fully saturated rings. The molecule has 0 amide bonds. The van der Waals surface area contributed by atoms with Crippen LogP contribution in [0.25, 0.3) is 0 Å². The van der Waals surface area contributed by atoms with Crippen LogP contribution in [0.3, 0.4) is 0 Å². The molecule has 0 saturated heterocycles. The van der Waals surface area contributed by atoms with E-state index in [9.17, 15) is 5.11 Å². The van der Waals surface area contributed by atoms with Gasteiger partial charge in [-0.1, -0.05) is 6.92 Å². The molecule has 14 heavy (non-hydrogen) atoms. The first-order chi connectivity index (χ1) is 6.83. The van der Waals surface area contributed by atoms with Crippen molar-refractivity contribution in [1.82, 2.24) is 0 Å². The van der Waals surface area contributed by atoms with Gasteiger partial charge in [0.05, 0.1) is 6.10 Å². The molecule has 0 bridgehead atoms. The fraction of sp³-hybridized carbons (Fsp3) is 0.636. The minimum atomic E-state index is -0.263. The molecule has 1 heterocycles. The number of hydrogen-bond donors (Lipinski definition) is 1. The van der Waals surface area contributed by atoms with Gasteiger partial charge < -0.3 is 9.84 Å². The van der Waals surface area contributed by atoms with Crippen LogP contribution < -0.4 is 0 Å². The molecule has 1 rings (SSSR count). The van der Waals surface area contributed by atoms with Crippen LogP contribution in [0.2, 0.25) is 0 Å². The summed E-state index contributed by atoms with van der Waals surface area (Å²) in [6.45, 7) is 3.55. The maximum Gasteiger partial charge on any atom is 0.0602 e. The highest BCUT2D eigenvalue weighted by molar-refractivity contribution is 7.07. The number of hydrogen-bond acceptors (Lipinski definition) is 3. The maximum atomic E-state index is 9.64. The number of thiophene rings is 1. The van der Waals surface area contributed by atoms with Crippen molar-refractivity contribution in [3.63, 3.8) is 0 Å². The van der Waals surface area contributed by atoms with Crippen molar-refractivity contribution in [2.24, 2.45) is 0 Å². The number of ether oxygens (including phenoxy) is 1. The standard InChI is InChI=1S/C11H18O2S/c1-2-5-13-6-3-11(12)8-10-4-7-14-9-10/h4,7,9,11-12H,2-3,5-6,8H2,1H3. The predicted molar refractivity (Wildman–Crippen MR) is 59.8 cm³/mol. The second-order valence-electron chi connectivity index (χ2n) is 3.39. The molecule has 0 aliphatic carbocycles. The Morgan fingerprint density at radius 2 is 2.36 bits per heavy atom. The van der Waals surface area contributed by atoms with Crippen LogP contribution in [-0.2, 0) is 11.2 Å². The van der Waals surface area contributed by atoms with Gasteiger partial charge in [-0.3, -0.25) is 0 Å². The second-order valence-corrected chi connectivity index (χ2v) is 4.17. The van der Waals surface area contributed by atoms with Gasteiger partial charge in [-0.2, -0.15) is 11.3 Å².